The Morgan fingerprint density at radius 3 is 2.67 bits per heavy atom. The fourth-order valence-corrected chi connectivity index (χ4v) is 2.63. The van der Waals surface area contributed by atoms with Crippen LogP contribution in [-0.4, -0.2) is 41.0 Å². The van der Waals surface area contributed by atoms with Gasteiger partial charge >= 0.3 is 0 Å². The zero-order chi connectivity index (χ0) is 13.0. The molecule has 2 atom stereocenters. The van der Waals surface area contributed by atoms with Gasteiger partial charge in [0.05, 0.1) is 12.6 Å². The monoisotopic (exact) mass is 267 g/mol. The summed E-state index contributed by atoms with van der Waals surface area (Å²) in [4.78, 5) is 13.7. The van der Waals surface area contributed by atoms with Crippen molar-refractivity contribution >= 4 is 17.5 Å². The quantitative estimate of drug-likeness (QED) is 0.825. The van der Waals surface area contributed by atoms with E-state index in [1.165, 1.54) is 0 Å². The van der Waals surface area contributed by atoms with Gasteiger partial charge in [-0.05, 0) is 17.9 Å². The van der Waals surface area contributed by atoms with Crippen LogP contribution in [0.15, 0.2) is 30.3 Å². The maximum absolute atomic E-state index is 11.9. The standard InChI is InChI=1S/C14H18ClNO2/c15-8-12-7-14(18)16(9-12)13(10-17)6-11-4-2-1-3-5-11/h1-5,12-13,17H,6-10H2/t12?,13-/m0/s1. The fraction of sp³-hybridized carbons (Fsp3) is 0.500. The van der Waals surface area contributed by atoms with Crippen LogP contribution >= 0.6 is 11.6 Å². The minimum Gasteiger partial charge on any atom is -0.394 e. The SMILES string of the molecule is O=C1CC(CCl)CN1[C@H](CO)Cc1ccccc1. The number of hydrogen-bond donors (Lipinski definition) is 1. The van der Waals surface area contributed by atoms with Gasteiger partial charge in [0.2, 0.25) is 5.91 Å². The second kappa shape index (κ2) is 6.21. The molecule has 18 heavy (non-hydrogen) atoms. The number of carbonyl (C=O) groups excluding carboxylic acids is 1. The second-order valence-corrected chi connectivity index (χ2v) is 5.11. The highest BCUT2D eigenvalue weighted by Crippen LogP contribution is 2.22. The second-order valence-electron chi connectivity index (χ2n) is 4.80. The highest BCUT2D eigenvalue weighted by molar-refractivity contribution is 6.18. The van der Waals surface area contributed by atoms with Crippen LogP contribution in [0.1, 0.15) is 12.0 Å². The first-order valence-electron chi connectivity index (χ1n) is 6.24. The summed E-state index contributed by atoms with van der Waals surface area (Å²) in [5.74, 6) is 0.839. The summed E-state index contributed by atoms with van der Waals surface area (Å²) in [6.45, 7) is 0.663. The maximum atomic E-state index is 11.9. The summed E-state index contributed by atoms with van der Waals surface area (Å²) in [6.07, 6.45) is 1.20. The molecule has 1 aromatic rings. The number of nitrogens with zero attached hydrogens (tertiary/aromatic N) is 1. The van der Waals surface area contributed by atoms with E-state index in [2.05, 4.69) is 0 Å². The lowest BCUT2D eigenvalue weighted by Crippen LogP contribution is -2.40. The lowest BCUT2D eigenvalue weighted by molar-refractivity contribution is -0.130. The van der Waals surface area contributed by atoms with E-state index in [1.807, 2.05) is 30.3 Å². The van der Waals surface area contributed by atoms with Crippen LogP contribution in [0.5, 0.6) is 0 Å². The van der Waals surface area contributed by atoms with E-state index >= 15 is 0 Å². The Morgan fingerprint density at radius 2 is 2.11 bits per heavy atom. The summed E-state index contributed by atoms with van der Waals surface area (Å²) in [7, 11) is 0. The molecule has 1 unspecified atom stereocenters. The van der Waals surface area contributed by atoms with Gasteiger partial charge in [-0.1, -0.05) is 30.3 Å². The molecule has 1 N–H and O–H groups in total. The van der Waals surface area contributed by atoms with E-state index in [-0.39, 0.29) is 24.5 Å². The summed E-state index contributed by atoms with van der Waals surface area (Å²) >= 11 is 5.81. The van der Waals surface area contributed by atoms with Crippen molar-refractivity contribution in [2.24, 2.45) is 5.92 Å². The van der Waals surface area contributed by atoms with Crippen LogP contribution < -0.4 is 0 Å². The molecule has 1 aliphatic rings. The van der Waals surface area contributed by atoms with E-state index in [0.717, 1.165) is 5.56 Å². The van der Waals surface area contributed by atoms with E-state index in [0.29, 0.717) is 25.3 Å². The zero-order valence-corrected chi connectivity index (χ0v) is 11.0. The average molecular weight is 268 g/mol. The molecule has 0 radical (unpaired) electrons. The molecule has 0 saturated carbocycles. The molecule has 1 saturated heterocycles. The maximum Gasteiger partial charge on any atom is 0.223 e. The lowest BCUT2D eigenvalue weighted by atomic mass is 10.1. The molecule has 2 rings (SSSR count). The number of hydrogen-bond acceptors (Lipinski definition) is 2. The van der Waals surface area contributed by atoms with E-state index < -0.39 is 0 Å². The number of halogens is 1. The third kappa shape index (κ3) is 3.03. The number of amides is 1. The number of likely N-dealkylation sites (tertiary alicyclic amines) is 1. The zero-order valence-electron chi connectivity index (χ0n) is 10.3. The van der Waals surface area contributed by atoms with Gasteiger partial charge in [0.25, 0.3) is 0 Å². The van der Waals surface area contributed by atoms with Crippen molar-refractivity contribution in [2.45, 2.75) is 18.9 Å². The summed E-state index contributed by atoms with van der Waals surface area (Å²) < 4.78 is 0. The first-order chi connectivity index (χ1) is 8.74. The predicted molar refractivity (Wildman–Crippen MR) is 71.6 cm³/mol. The molecule has 3 nitrogen and oxygen atoms in total. The minimum absolute atomic E-state index is 0.00433. The van der Waals surface area contributed by atoms with Crippen LogP contribution in [-0.2, 0) is 11.2 Å². The van der Waals surface area contributed by atoms with Crippen molar-refractivity contribution < 1.29 is 9.90 Å². The topological polar surface area (TPSA) is 40.5 Å². The van der Waals surface area contributed by atoms with Gasteiger partial charge in [-0.25, -0.2) is 0 Å². The van der Waals surface area contributed by atoms with Crippen molar-refractivity contribution in [3.05, 3.63) is 35.9 Å². The average Bonchev–Trinajstić information content (AvgIpc) is 2.78. The molecule has 1 fully saturated rings. The Balaban J connectivity index is 2.03. The van der Waals surface area contributed by atoms with Crippen molar-refractivity contribution in [1.29, 1.82) is 0 Å². The Morgan fingerprint density at radius 1 is 1.39 bits per heavy atom. The smallest absolute Gasteiger partial charge is 0.223 e. The molecule has 4 heteroatoms. The van der Waals surface area contributed by atoms with Crippen molar-refractivity contribution in [3.8, 4) is 0 Å². The molecule has 1 heterocycles. The Labute approximate surface area is 112 Å². The van der Waals surface area contributed by atoms with Gasteiger partial charge in [-0.3, -0.25) is 4.79 Å². The minimum atomic E-state index is -0.131. The highest BCUT2D eigenvalue weighted by Gasteiger charge is 2.33. The van der Waals surface area contributed by atoms with Gasteiger partial charge in [0.1, 0.15) is 0 Å². The summed E-state index contributed by atoms with van der Waals surface area (Å²) in [5.41, 5.74) is 1.14. The Kier molecular flexibility index (Phi) is 4.61. The molecule has 0 spiro atoms. The van der Waals surface area contributed by atoms with Gasteiger partial charge in [0.15, 0.2) is 0 Å². The number of aliphatic hydroxyl groups excluding tert-OH is 1. The van der Waals surface area contributed by atoms with Crippen molar-refractivity contribution in [3.63, 3.8) is 0 Å². The van der Waals surface area contributed by atoms with Crippen molar-refractivity contribution in [2.75, 3.05) is 19.0 Å². The largest absolute Gasteiger partial charge is 0.394 e. The van der Waals surface area contributed by atoms with Crippen LogP contribution in [0.25, 0.3) is 0 Å². The number of benzene rings is 1. The van der Waals surface area contributed by atoms with Crippen LogP contribution in [0, 0.1) is 5.92 Å². The Hall–Kier alpha value is -1.06. The molecule has 1 aromatic carbocycles. The normalized spacial score (nSPS) is 21.3. The van der Waals surface area contributed by atoms with Gasteiger partial charge in [-0.15, -0.1) is 11.6 Å². The van der Waals surface area contributed by atoms with Gasteiger partial charge in [0, 0.05) is 18.8 Å². The molecular formula is C14H18ClNO2. The summed E-state index contributed by atoms with van der Waals surface area (Å²) in [5, 5.41) is 9.50. The number of rotatable bonds is 5. The summed E-state index contributed by atoms with van der Waals surface area (Å²) in [6, 6.07) is 9.80. The molecular weight excluding hydrogens is 250 g/mol. The number of aliphatic hydroxyl groups is 1. The van der Waals surface area contributed by atoms with E-state index in [9.17, 15) is 9.90 Å². The first kappa shape index (κ1) is 13.4. The van der Waals surface area contributed by atoms with Gasteiger partial charge in [-0.2, -0.15) is 0 Å². The highest BCUT2D eigenvalue weighted by atomic mass is 35.5. The van der Waals surface area contributed by atoms with E-state index in [4.69, 9.17) is 11.6 Å². The fourth-order valence-electron chi connectivity index (χ4n) is 2.42. The molecule has 0 bridgehead atoms. The first-order valence-corrected chi connectivity index (χ1v) is 6.78. The van der Waals surface area contributed by atoms with Crippen LogP contribution in [0.3, 0.4) is 0 Å². The lowest BCUT2D eigenvalue weighted by Gasteiger charge is -2.26. The molecule has 98 valence electrons. The predicted octanol–water partition coefficient (Wildman–Crippen LogP) is 1.68. The Bertz CT molecular complexity index is 396. The van der Waals surface area contributed by atoms with E-state index in [1.54, 1.807) is 4.90 Å². The third-order valence-electron chi connectivity index (χ3n) is 3.42. The van der Waals surface area contributed by atoms with Gasteiger partial charge < -0.3 is 10.0 Å². The van der Waals surface area contributed by atoms with Crippen LogP contribution in [0.4, 0.5) is 0 Å². The molecule has 0 aliphatic carbocycles. The number of alkyl halides is 1. The third-order valence-corrected chi connectivity index (χ3v) is 3.86. The van der Waals surface area contributed by atoms with Crippen LogP contribution in [0.2, 0.25) is 0 Å². The number of carbonyl (C=O) groups is 1. The van der Waals surface area contributed by atoms with Crippen molar-refractivity contribution in [1.82, 2.24) is 4.90 Å². The molecule has 0 aromatic heterocycles. The molecule has 1 amide bonds. The molecule has 1 aliphatic heterocycles.